The molecule has 7 heteroatoms. The molecule has 0 spiro atoms. The monoisotopic (exact) mass is 257 g/mol. The summed E-state index contributed by atoms with van der Waals surface area (Å²) in [6.45, 7) is 0.119. The van der Waals surface area contributed by atoms with Crippen LogP contribution in [0, 0.1) is 0 Å². The van der Waals surface area contributed by atoms with Crippen molar-refractivity contribution >= 4 is 21.4 Å². The van der Waals surface area contributed by atoms with E-state index >= 15 is 0 Å². The summed E-state index contributed by atoms with van der Waals surface area (Å²) in [5.41, 5.74) is 6.04. The van der Waals surface area contributed by atoms with Crippen LogP contribution in [0.5, 0.6) is 0 Å². The minimum Gasteiger partial charge on any atom is -0.397 e. The molecular weight excluding hydrogens is 242 g/mol. The molecule has 0 aromatic carbocycles. The van der Waals surface area contributed by atoms with Gasteiger partial charge in [0.2, 0.25) is 0 Å². The zero-order valence-electron chi connectivity index (χ0n) is 9.75. The van der Waals surface area contributed by atoms with Gasteiger partial charge in [-0.1, -0.05) is 0 Å². The molecule has 0 bridgehead atoms. The van der Waals surface area contributed by atoms with Crippen molar-refractivity contribution in [1.82, 2.24) is 9.88 Å². The standard InChI is InChI=1S/C10H15N3O3S/c1-13(6-7-17(2,15)16)10(14)9-8(11)4-3-5-12-9/h3-5H,6-7,11H2,1-2H3. The molecule has 0 aliphatic rings. The Morgan fingerprint density at radius 3 is 2.71 bits per heavy atom. The first kappa shape index (κ1) is 13.4. The van der Waals surface area contributed by atoms with Gasteiger partial charge in [-0.05, 0) is 12.1 Å². The van der Waals surface area contributed by atoms with Gasteiger partial charge in [-0.3, -0.25) is 4.79 Å². The lowest BCUT2D eigenvalue weighted by Crippen LogP contribution is -2.32. The molecule has 0 aliphatic carbocycles. The molecular formula is C10H15N3O3S. The van der Waals surface area contributed by atoms with Crippen LogP contribution >= 0.6 is 0 Å². The van der Waals surface area contributed by atoms with Gasteiger partial charge in [-0.2, -0.15) is 0 Å². The number of amides is 1. The highest BCUT2D eigenvalue weighted by molar-refractivity contribution is 7.90. The first-order valence-corrected chi connectivity index (χ1v) is 7.01. The molecule has 1 heterocycles. The van der Waals surface area contributed by atoms with Crippen LogP contribution in [0.2, 0.25) is 0 Å². The number of sulfone groups is 1. The maximum Gasteiger partial charge on any atom is 0.274 e. The molecule has 0 aliphatic heterocycles. The predicted molar refractivity (Wildman–Crippen MR) is 65.3 cm³/mol. The number of nitrogens with zero attached hydrogens (tertiary/aromatic N) is 2. The van der Waals surface area contributed by atoms with Crippen molar-refractivity contribution in [2.75, 3.05) is 31.3 Å². The van der Waals surface area contributed by atoms with Crippen molar-refractivity contribution in [3.05, 3.63) is 24.0 Å². The van der Waals surface area contributed by atoms with Crippen LogP contribution in [0.4, 0.5) is 5.69 Å². The van der Waals surface area contributed by atoms with Gasteiger partial charge >= 0.3 is 0 Å². The summed E-state index contributed by atoms with van der Waals surface area (Å²) in [4.78, 5) is 17.0. The minimum atomic E-state index is -3.09. The van der Waals surface area contributed by atoms with Crippen molar-refractivity contribution < 1.29 is 13.2 Å². The second kappa shape index (κ2) is 5.13. The molecule has 1 aromatic heterocycles. The highest BCUT2D eigenvalue weighted by atomic mass is 32.2. The van der Waals surface area contributed by atoms with Gasteiger partial charge in [0, 0.05) is 26.0 Å². The van der Waals surface area contributed by atoms with Crippen molar-refractivity contribution in [1.29, 1.82) is 0 Å². The largest absolute Gasteiger partial charge is 0.397 e. The fourth-order valence-electron chi connectivity index (χ4n) is 1.18. The van der Waals surface area contributed by atoms with Crippen LogP contribution in [0.25, 0.3) is 0 Å². The maximum absolute atomic E-state index is 11.9. The van der Waals surface area contributed by atoms with Crippen molar-refractivity contribution in [2.45, 2.75) is 0 Å². The Hall–Kier alpha value is -1.63. The number of nitrogen functional groups attached to an aromatic ring is 1. The second-order valence-corrected chi connectivity index (χ2v) is 6.06. The van der Waals surface area contributed by atoms with Crippen LogP contribution in [-0.2, 0) is 9.84 Å². The normalized spacial score (nSPS) is 11.2. The zero-order chi connectivity index (χ0) is 13.1. The molecule has 0 unspecified atom stereocenters. The number of hydrogen-bond donors (Lipinski definition) is 1. The van der Waals surface area contributed by atoms with E-state index in [0.717, 1.165) is 6.26 Å². The van der Waals surface area contributed by atoms with Crippen molar-refractivity contribution in [3.63, 3.8) is 0 Å². The lowest BCUT2D eigenvalue weighted by atomic mass is 10.3. The van der Waals surface area contributed by atoms with Crippen molar-refractivity contribution in [2.24, 2.45) is 0 Å². The predicted octanol–water partition coefficient (Wildman–Crippen LogP) is -0.220. The van der Waals surface area contributed by atoms with Crippen LogP contribution in [0.3, 0.4) is 0 Å². The van der Waals surface area contributed by atoms with E-state index in [1.807, 2.05) is 0 Å². The summed E-state index contributed by atoms with van der Waals surface area (Å²) < 4.78 is 22.0. The lowest BCUT2D eigenvalue weighted by Gasteiger charge is -2.16. The molecule has 1 rings (SSSR count). The Balaban J connectivity index is 2.74. The van der Waals surface area contributed by atoms with E-state index in [0.29, 0.717) is 0 Å². The number of nitrogens with two attached hydrogens (primary N) is 1. The summed E-state index contributed by atoms with van der Waals surface area (Å²) in [5, 5.41) is 0. The molecule has 6 nitrogen and oxygen atoms in total. The van der Waals surface area contributed by atoms with E-state index in [2.05, 4.69) is 4.98 Å². The molecule has 0 fully saturated rings. The van der Waals surface area contributed by atoms with Gasteiger partial charge in [-0.25, -0.2) is 13.4 Å². The zero-order valence-corrected chi connectivity index (χ0v) is 10.6. The van der Waals surface area contributed by atoms with E-state index in [1.54, 1.807) is 12.1 Å². The third-order valence-electron chi connectivity index (χ3n) is 2.19. The summed E-state index contributed by atoms with van der Waals surface area (Å²) in [6, 6.07) is 3.20. The lowest BCUT2D eigenvalue weighted by molar-refractivity contribution is 0.0799. The van der Waals surface area contributed by atoms with E-state index in [-0.39, 0.29) is 29.6 Å². The van der Waals surface area contributed by atoms with Crippen LogP contribution in [0.15, 0.2) is 18.3 Å². The molecule has 1 aromatic rings. The number of anilines is 1. The van der Waals surface area contributed by atoms with E-state index in [4.69, 9.17) is 5.73 Å². The number of aromatic nitrogens is 1. The first-order chi connectivity index (χ1) is 7.81. The minimum absolute atomic E-state index is 0.0814. The average molecular weight is 257 g/mol. The number of hydrogen-bond acceptors (Lipinski definition) is 5. The molecule has 1 amide bonds. The summed E-state index contributed by atoms with van der Waals surface area (Å²) in [5.74, 6) is -0.464. The van der Waals surface area contributed by atoms with Gasteiger partial charge in [0.15, 0.2) is 5.69 Å². The van der Waals surface area contributed by atoms with Crippen molar-refractivity contribution in [3.8, 4) is 0 Å². The Bertz CT molecular complexity index is 513. The highest BCUT2D eigenvalue weighted by Gasteiger charge is 2.16. The molecule has 2 N–H and O–H groups in total. The van der Waals surface area contributed by atoms with Gasteiger partial charge in [0.1, 0.15) is 9.84 Å². The average Bonchev–Trinajstić information content (AvgIpc) is 2.24. The van der Waals surface area contributed by atoms with Gasteiger partial charge in [0.05, 0.1) is 11.4 Å². The third-order valence-corrected chi connectivity index (χ3v) is 3.11. The highest BCUT2D eigenvalue weighted by Crippen LogP contribution is 2.09. The SMILES string of the molecule is CN(CCS(C)(=O)=O)C(=O)c1ncccc1N. The smallest absolute Gasteiger partial charge is 0.274 e. The molecule has 17 heavy (non-hydrogen) atoms. The Labute approximate surface area is 100 Å². The van der Waals surface area contributed by atoms with E-state index < -0.39 is 9.84 Å². The summed E-state index contributed by atoms with van der Waals surface area (Å²) in [7, 11) is -1.58. The number of carbonyl (C=O) groups excluding carboxylic acids is 1. The molecule has 0 atom stereocenters. The number of rotatable bonds is 4. The van der Waals surface area contributed by atoms with E-state index in [1.165, 1.54) is 18.1 Å². The molecule has 0 saturated carbocycles. The van der Waals surface area contributed by atoms with E-state index in [9.17, 15) is 13.2 Å². The Morgan fingerprint density at radius 2 is 2.18 bits per heavy atom. The summed E-state index contributed by atoms with van der Waals surface area (Å²) in [6.07, 6.45) is 2.59. The van der Waals surface area contributed by atoms with Crippen LogP contribution < -0.4 is 5.73 Å². The fraction of sp³-hybridized carbons (Fsp3) is 0.400. The van der Waals surface area contributed by atoms with Crippen LogP contribution in [0.1, 0.15) is 10.5 Å². The quantitative estimate of drug-likeness (QED) is 0.805. The first-order valence-electron chi connectivity index (χ1n) is 4.95. The molecule has 0 radical (unpaired) electrons. The summed E-state index contributed by atoms with van der Waals surface area (Å²) >= 11 is 0. The molecule has 94 valence electrons. The Morgan fingerprint density at radius 1 is 1.53 bits per heavy atom. The van der Waals surface area contributed by atoms with Gasteiger partial charge in [-0.15, -0.1) is 0 Å². The number of pyridine rings is 1. The topological polar surface area (TPSA) is 93.4 Å². The van der Waals surface area contributed by atoms with Gasteiger partial charge in [0.25, 0.3) is 5.91 Å². The Kier molecular flexibility index (Phi) is 4.06. The third kappa shape index (κ3) is 4.03. The maximum atomic E-state index is 11.9. The van der Waals surface area contributed by atoms with Crippen LogP contribution in [-0.4, -0.2) is 49.8 Å². The number of carbonyl (C=O) groups is 1. The van der Waals surface area contributed by atoms with Gasteiger partial charge < -0.3 is 10.6 Å². The fourth-order valence-corrected chi connectivity index (χ4v) is 1.79. The second-order valence-electron chi connectivity index (χ2n) is 3.80. The molecule has 0 saturated heterocycles.